The van der Waals surface area contributed by atoms with Crippen LogP contribution in [0.15, 0.2) is 12.3 Å². The van der Waals surface area contributed by atoms with Crippen molar-refractivity contribution >= 4 is 5.82 Å². The third-order valence-electron chi connectivity index (χ3n) is 2.68. The molecule has 0 aromatic carbocycles. The van der Waals surface area contributed by atoms with Crippen LogP contribution in [0.1, 0.15) is 25.8 Å². The molecule has 1 rings (SSSR count). The van der Waals surface area contributed by atoms with Crippen molar-refractivity contribution < 1.29 is 4.39 Å². The zero-order valence-electron chi connectivity index (χ0n) is 11.1. The van der Waals surface area contributed by atoms with Gasteiger partial charge in [0.25, 0.3) is 0 Å². The summed E-state index contributed by atoms with van der Waals surface area (Å²) >= 11 is 0. The number of aromatic nitrogens is 1. The third kappa shape index (κ3) is 4.30. The third-order valence-corrected chi connectivity index (χ3v) is 2.68. The fourth-order valence-corrected chi connectivity index (χ4v) is 1.70. The molecule has 4 heteroatoms. The predicted molar refractivity (Wildman–Crippen MR) is 69.7 cm³/mol. The normalized spacial score (nSPS) is 10.9. The van der Waals surface area contributed by atoms with Crippen LogP contribution in [0.25, 0.3) is 0 Å². The minimum atomic E-state index is -0.281. The Kier molecular flexibility index (Phi) is 5.35. The van der Waals surface area contributed by atoms with Gasteiger partial charge in [-0.1, -0.05) is 13.8 Å². The van der Waals surface area contributed by atoms with Crippen LogP contribution in [0.5, 0.6) is 0 Å². The van der Waals surface area contributed by atoms with Gasteiger partial charge in [-0.15, -0.1) is 0 Å². The van der Waals surface area contributed by atoms with Crippen LogP contribution in [0.3, 0.4) is 0 Å². The number of hydrogen-bond donors (Lipinski definition) is 1. The summed E-state index contributed by atoms with van der Waals surface area (Å²) < 4.78 is 13.1. The first-order valence-corrected chi connectivity index (χ1v) is 6.04. The second-order valence-corrected chi connectivity index (χ2v) is 4.77. The van der Waals surface area contributed by atoms with E-state index in [9.17, 15) is 4.39 Å². The van der Waals surface area contributed by atoms with E-state index < -0.39 is 0 Å². The molecule has 0 bridgehead atoms. The van der Waals surface area contributed by atoms with Gasteiger partial charge in [0.05, 0.1) is 6.20 Å². The summed E-state index contributed by atoms with van der Waals surface area (Å²) in [5.74, 6) is 1.24. The average Bonchev–Trinajstić information content (AvgIpc) is 2.26. The highest BCUT2D eigenvalue weighted by molar-refractivity contribution is 5.46. The summed E-state index contributed by atoms with van der Waals surface area (Å²) in [6.07, 6.45) is 2.38. The van der Waals surface area contributed by atoms with Crippen molar-refractivity contribution in [1.29, 1.82) is 0 Å². The predicted octanol–water partition coefficient (Wildman–Crippen LogP) is 2.42. The van der Waals surface area contributed by atoms with Crippen molar-refractivity contribution in [2.45, 2.75) is 26.8 Å². The molecule has 0 radical (unpaired) electrons. The van der Waals surface area contributed by atoms with Crippen LogP contribution in [0.2, 0.25) is 0 Å². The molecule has 0 fully saturated rings. The molecule has 0 aliphatic rings. The molecule has 0 saturated heterocycles. The van der Waals surface area contributed by atoms with Gasteiger partial charge in [-0.3, -0.25) is 0 Å². The summed E-state index contributed by atoms with van der Waals surface area (Å²) in [5.41, 5.74) is 0.902. The van der Waals surface area contributed by atoms with Gasteiger partial charge in [-0.2, -0.15) is 0 Å². The number of hydrogen-bond acceptors (Lipinski definition) is 3. The molecule has 0 atom stereocenters. The molecular formula is C13H22FN3. The topological polar surface area (TPSA) is 28.2 Å². The van der Waals surface area contributed by atoms with Gasteiger partial charge in [-0.05, 0) is 25.5 Å². The maximum atomic E-state index is 13.1. The minimum absolute atomic E-state index is 0.281. The summed E-state index contributed by atoms with van der Waals surface area (Å²) in [6.45, 7) is 5.96. The Morgan fingerprint density at radius 1 is 1.47 bits per heavy atom. The van der Waals surface area contributed by atoms with Gasteiger partial charge < -0.3 is 10.2 Å². The van der Waals surface area contributed by atoms with Crippen molar-refractivity contribution in [3.8, 4) is 0 Å². The first-order chi connectivity index (χ1) is 8.04. The lowest BCUT2D eigenvalue weighted by Gasteiger charge is -2.22. The monoisotopic (exact) mass is 239 g/mol. The SMILES string of the molecule is CNCc1cc(F)cnc1N(C)CCC(C)C. The van der Waals surface area contributed by atoms with E-state index in [1.54, 1.807) is 6.07 Å². The highest BCUT2D eigenvalue weighted by Gasteiger charge is 2.10. The molecule has 17 heavy (non-hydrogen) atoms. The van der Waals surface area contributed by atoms with Crippen molar-refractivity contribution in [3.63, 3.8) is 0 Å². The Morgan fingerprint density at radius 2 is 2.18 bits per heavy atom. The van der Waals surface area contributed by atoms with Gasteiger partial charge in [0.1, 0.15) is 11.6 Å². The quantitative estimate of drug-likeness (QED) is 0.826. The van der Waals surface area contributed by atoms with Crippen LogP contribution in [-0.2, 0) is 6.54 Å². The van der Waals surface area contributed by atoms with E-state index >= 15 is 0 Å². The van der Waals surface area contributed by atoms with Crippen molar-refractivity contribution in [1.82, 2.24) is 10.3 Å². The number of halogens is 1. The summed E-state index contributed by atoms with van der Waals surface area (Å²) in [5, 5.41) is 3.04. The van der Waals surface area contributed by atoms with Crippen molar-refractivity contribution in [2.24, 2.45) is 5.92 Å². The van der Waals surface area contributed by atoms with Gasteiger partial charge in [0.2, 0.25) is 0 Å². The number of rotatable bonds is 6. The van der Waals surface area contributed by atoms with E-state index in [1.165, 1.54) is 6.20 Å². The van der Waals surface area contributed by atoms with Crippen LogP contribution < -0.4 is 10.2 Å². The van der Waals surface area contributed by atoms with E-state index in [0.29, 0.717) is 12.5 Å². The minimum Gasteiger partial charge on any atom is -0.359 e. The largest absolute Gasteiger partial charge is 0.359 e. The van der Waals surface area contributed by atoms with Crippen LogP contribution in [0, 0.1) is 11.7 Å². The Balaban J connectivity index is 2.80. The Labute approximate surface area is 103 Å². The first kappa shape index (κ1) is 13.9. The lowest BCUT2D eigenvalue weighted by Crippen LogP contribution is -2.23. The summed E-state index contributed by atoms with van der Waals surface area (Å²) in [6, 6.07) is 1.55. The van der Waals surface area contributed by atoms with Crippen LogP contribution in [0.4, 0.5) is 10.2 Å². The number of nitrogens with zero attached hydrogens (tertiary/aromatic N) is 2. The van der Waals surface area contributed by atoms with E-state index in [2.05, 4.69) is 29.0 Å². The maximum Gasteiger partial charge on any atom is 0.141 e. The van der Waals surface area contributed by atoms with E-state index in [1.807, 2.05) is 14.1 Å². The van der Waals surface area contributed by atoms with Crippen LogP contribution in [-0.4, -0.2) is 25.6 Å². The Bertz CT molecular complexity index is 353. The number of nitrogens with one attached hydrogen (secondary N) is 1. The standard InChI is InChI=1S/C13H22FN3/c1-10(2)5-6-17(4)13-11(8-15-3)7-12(14)9-16-13/h7,9-10,15H,5-6,8H2,1-4H3. The van der Waals surface area contributed by atoms with Crippen LogP contribution >= 0.6 is 0 Å². The maximum absolute atomic E-state index is 13.1. The lowest BCUT2D eigenvalue weighted by atomic mass is 10.1. The number of anilines is 1. The molecular weight excluding hydrogens is 217 g/mol. The van der Waals surface area contributed by atoms with E-state index in [4.69, 9.17) is 0 Å². The molecule has 1 heterocycles. The summed E-state index contributed by atoms with van der Waals surface area (Å²) in [7, 11) is 3.85. The smallest absolute Gasteiger partial charge is 0.141 e. The molecule has 0 spiro atoms. The molecule has 0 aliphatic carbocycles. The second kappa shape index (κ2) is 6.55. The molecule has 1 aromatic heterocycles. The fraction of sp³-hybridized carbons (Fsp3) is 0.615. The van der Waals surface area contributed by atoms with Crippen molar-refractivity contribution in [2.75, 3.05) is 25.5 Å². The molecule has 0 aliphatic heterocycles. The molecule has 3 nitrogen and oxygen atoms in total. The average molecular weight is 239 g/mol. The Hall–Kier alpha value is -1.16. The Morgan fingerprint density at radius 3 is 2.76 bits per heavy atom. The molecule has 0 unspecified atom stereocenters. The summed E-state index contributed by atoms with van der Waals surface area (Å²) in [4.78, 5) is 6.28. The zero-order chi connectivity index (χ0) is 12.8. The van der Waals surface area contributed by atoms with E-state index in [0.717, 1.165) is 24.3 Å². The van der Waals surface area contributed by atoms with Crippen molar-refractivity contribution in [3.05, 3.63) is 23.6 Å². The highest BCUT2D eigenvalue weighted by Crippen LogP contribution is 2.18. The second-order valence-electron chi connectivity index (χ2n) is 4.77. The molecule has 96 valence electrons. The lowest BCUT2D eigenvalue weighted by molar-refractivity contribution is 0.580. The van der Waals surface area contributed by atoms with Gasteiger partial charge in [-0.25, -0.2) is 9.37 Å². The van der Waals surface area contributed by atoms with Gasteiger partial charge >= 0.3 is 0 Å². The molecule has 1 N–H and O–H groups in total. The number of pyridine rings is 1. The zero-order valence-corrected chi connectivity index (χ0v) is 11.1. The molecule has 0 saturated carbocycles. The van der Waals surface area contributed by atoms with Gasteiger partial charge in [0, 0.05) is 25.7 Å². The highest BCUT2D eigenvalue weighted by atomic mass is 19.1. The first-order valence-electron chi connectivity index (χ1n) is 6.04. The molecule has 1 aromatic rings. The van der Waals surface area contributed by atoms with Gasteiger partial charge in [0.15, 0.2) is 0 Å². The van der Waals surface area contributed by atoms with E-state index in [-0.39, 0.29) is 5.82 Å². The fourth-order valence-electron chi connectivity index (χ4n) is 1.70. The molecule has 0 amide bonds.